The summed E-state index contributed by atoms with van der Waals surface area (Å²) in [4.78, 5) is 11.0. The van der Waals surface area contributed by atoms with Crippen LogP contribution in [0.1, 0.15) is 22.8 Å². The number of nitrogens with two attached hydrogens (primary N) is 1. The Hall–Kier alpha value is -1.75. The fraction of sp³-hybridized carbons (Fsp3) is 0.417. The van der Waals surface area contributed by atoms with E-state index in [0.717, 1.165) is 11.3 Å². The molecule has 0 radical (unpaired) electrons. The molecule has 94 valence electrons. The summed E-state index contributed by atoms with van der Waals surface area (Å²) in [6.07, 6.45) is 0. The van der Waals surface area contributed by atoms with Gasteiger partial charge in [0.15, 0.2) is 0 Å². The molecular formula is C12H18N2O3. The first-order chi connectivity index (χ1) is 7.95. The highest BCUT2D eigenvalue weighted by Gasteiger charge is 2.12. The van der Waals surface area contributed by atoms with Gasteiger partial charge in [0.05, 0.1) is 12.2 Å². The second-order valence-electron chi connectivity index (χ2n) is 4.06. The van der Waals surface area contributed by atoms with E-state index in [1.165, 1.54) is 6.07 Å². The van der Waals surface area contributed by atoms with Crippen LogP contribution in [0.5, 0.6) is 0 Å². The quantitative estimate of drug-likeness (QED) is 0.680. The van der Waals surface area contributed by atoms with Crippen molar-refractivity contribution in [2.75, 3.05) is 24.8 Å². The van der Waals surface area contributed by atoms with E-state index >= 15 is 0 Å². The molecular weight excluding hydrogens is 220 g/mol. The molecule has 0 saturated heterocycles. The SMILES string of the molecule is COCC(C)Nc1cc(C)c(N)c(C(=O)O)c1. The molecule has 0 aliphatic rings. The van der Waals surface area contributed by atoms with Gasteiger partial charge in [-0.1, -0.05) is 0 Å². The Kier molecular flexibility index (Phi) is 4.34. The van der Waals surface area contributed by atoms with Gasteiger partial charge in [-0.15, -0.1) is 0 Å². The smallest absolute Gasteiger partial charge is 0.337 e. The Morgan fingerprint density at radius 2 is 2.24 bits per heavy atom. The van der Waals surface area contributed by atoms with Gasteiger partial charge in [0.2, 0.25) is 0 Å². The van der Waals surface area contributed by atoms with Crippen LogP contribution in [0.25, 0.3) is 0 Å². The summed E-state index contributed by atoms with van der Waals surface area (Å²) in [5, 5.41) is 12.2. The van der Waals surface area contributed by atoms with Crippen molar-refractivity contribution in [3.8, 4) is 0 Å². The number of hydrogen-bond donors (Lipinski definition) is 3. The molecule has 0 aromatic heterocycles. The van der Waals surface area contributed by atoms with Crippen molar-refractivity contribution in [1.29, 1.82) is 0 Å². The summed E-state index contributed by atoms with van der Waals surface area (Å²) in [6, 6.07) is 3.47. The Morgan fingerprint density at radius 1 is 1.59 bits per heavy atom. The Balaban J connectivity index is 2.98. The van der Waals surface area contributed by atoms with Gasteiger partial charge < -0.3 is 20.9 Å². The molecule has 5 heteroatoms. The van der Waals surface area contributed by atoms with Crippen molar-refractivity contribution in [3.05, 3.63) is 23.3 Å². The van der Waals surface area contributed by atoms with Crippen LogP contribution >= 0.6 is 0 Å². The van der Waals surface area contributed by atoms with Gasteiger partial charge in [-0.25, -0.2) is 4.79 Å². The third kappa shape index (κ3) is 3.35. The first-order valence-electron chi connectivity index (χ1n) is 5.34. The molecule has 1 aromatic carbocycles. The van der Waals surface area contributed by atoms with Crippen molar-refractivity contribution in [2.45, 2.75) is 19.9 Å². The molecule has 1 unspecified atom stereocenters. The molecule has 1 atom stereocenters. The van der Waals surface area contributed by atoms with Crippen LogP contribution in [-0.2, 0) is 4.74 Å². The number of anilines is 2. The van der Waals surface area contributed by atoms with Gasteiger partial charge in [0, 0.05) is 24.5 Å². The summed E-state index contributed by atoms with van der Waals surface area (Å²) >= 11 is 0. The van der Waals surface area contributed by atoms with E-state index in [0.29, 0.717) is 12.3 Å². The first-order valence-corrected chi connectivity index (χ1v) is 5.34. The number of ether oxygens (including phenoxy) is 1. The number of carbonyl (C=O) groups is 1. The van der Waals surface area contributed by atoms with Crippen LogP contribution in [0, 0.1) is 6.92 Å². The minimum absolute atomic E-state index is 0.102. The fourth-order valence-corrected chi connectivity index (χ4v) is 1.63. The van der Waals surface area contributed by atoms with Gasteiger partial charge in [0.1, 0.15) is 0 Å². The van der Waals surface area contributed by atoms with Gasteiger partial charge in [-0.05, 0) is 31.5 Å². The molecule has 1 rings (SSSR count). The van der Waals surface area contributed by atoms with Crippen molar-refractivity contribution < 1.29 is 14.6 Å². The zero-order valence-electron chi connectivity index (χ0n) is 10.3. The Bertz CT molecular complexity index is 418. The maximum atomic E-state index is 11.0. The summed E-state index contributed by atoms with van der Waals surface area (Å²) in [5.41, 5.74) is 7.62. The molecule has 17 heavy (non-hydrogen) atoms. The molecule has 0 saturated carbocycles. The van der Waals surface area contributed by atoms with Crippen molar-refractivity contribution in [2.24, 2.45) is 0 Å². The summed E-state index contributed by atoms with van der Waals surface area (Å²) in [7, 11) is 1.62. The van der Waals surface area contributed by atoms with E-state index in [4.69, 9.17) is 15.6 Å². The number of nitrogens with one attached hydrogen (secondary N) is 1. The predicted octanol–water partition coefficient (Wildman–Crippen LogP) is 1.72. The van der Waals surface area contributed by atoms with Gasteiger partial charge in [-0.3, -0.25) is 0 Å². The highest BCUT2D eigenvalue weighted by molar-refractivity contribution is 5.95. The third-order valence-corrected chi connectivity index (χ3v) is 2.45. The molecule has 0 amide bonds. The summed E-state index contributed by atoms with van der Waals surface area (Å²) < 4.78 is 5.00. The highest BCUT2D eigenvalue weighted by atomic mass is 16.5. The summed E-state index contributed by atoms with van der Waals surface area (Å²) in [6.45, 7) is 4.29. The average molecular weight is 238 g/mol. The number of carboxylic acid groups (broad SMARTS) is 1. The van der Waals surface area contributed by atoms with Gasteiger partial charge in [0.25, 0.3) is 0 Å². The number of aryl methyl sites for hydroxylation is 1. The maximum absolute atomic E-state index is 11.0. The van der Waals surface area contributed by atoms with Crippen LogP contribution in [0.4, 0.5) is 11.4 Å². The zero-order valence-corrected chi connectivity index (χ0v) is 10.3. The van der Waals surface area contributed by atoms with Crippen LogP contribution < -0.4 is 11.1 Å². The lowest BCUT2D eigenvalue weighted by molar-refractivity contribution is 0.0698. The van der Waals surface area contributed by atoms with E-state index in [-0.39, 0.29) is 11.6 Å². The molecule has 0 aliphatic heterocycles. The Labute approximate surface area is 101 Å². The molecule has 4 N–H and O–H groups in total. The number of carboxylic acids is 1. The lowest BCUT2D eigenvalue weighted by Gasteiger charge is -2.16. The van der Waals surface area contributed by atoms with E-state index in [9.17, 15) is 4.79 Å². The van der Waals surface area contributed by atoms with Crippen molar-refractivity contribution in [1.82, 2.24) is 0 Å². The van der Waals surface area contributed by atoms with Crippen LogP contribution in [-0.4, -0.2) is 30.8 Å². The number of aromatic carboxylic acids is 1. The first kappa shape index (κ1) is 13.3. The molecule has 1 aromatic rings. The van der Waals surface area contributed by atoms with E-state index < -0.39 is 5.97 Å². The number of rotatable bonds is 5. The number of methoxy groups -OCH3 is 1. The predicted molar refractivity (Wildman–Crippen MR) is 67.5 cm³/mol. The number of benzene rings is 1. The molecule has 0 heterocycles. The molecule has 0 spiro atoms. The molecule has 0 fully saturated rings. The third-order valence-electron chi connectivity index (χ3n) is 2.45. The van der Waals surface area contributed by atoms with Gasteiger partial charge >= 0.3 is 5.97 Å². The second kappa shape index (κ2) is 5.54. The average Bonchev–Trinajstić information content (AvgIpc) is 2.23. The standard InChI is InChI=1S/C12H18N2O3/c1-7-4-9(14-8(2)6-17-3)5-10(11(7)13)12(15)16/h4-5,8,14H,6,13H2,1-3H3,(H,15,16). The second-order valence-corrected chi connectivity index (χ2v) is 4.06. The summed E-state index contributed by atoms with van der Waals surface area (Å²) in [5.74, 6) is -1.02. The van der Waals surface area contributed by atoms with Crippen molar-refractivity contribution >= 4 is 17.3 Å². The van der Waals surface area contributed by atoms with Crippen LogP contribution in [0.2, 0.25) is 0 Å². The van der Waals surface area contributed by atoms with Gasteiger partial charge in [-0.2, -0.15) is 0 Å². The minimum Gasteiger partial charge on any atom is -0.478 e. The largest absolute Gasteiger partial charge is 0.478 e. The lowest BCUT2D eigenvalue weighted by atomic mass is 10.1. The lowest BCUT2D eigenvalue weighted by Crippen LogP contribution is -2.21. The zero-order chi connectivity index (χ0) is 13.0. The molecule has 5 nitrogen and oxygen atoms in total. The number of nitrogen functional groups attached to an aromatic ring is 1. The highest BCUT2D eigenvalue weighted by Crippen LogP contribution is 2.23. The number of hydrogen-bond acceptors (Lipinski definition) is 4. The molecule has 0 bridgehead atoms. The normalized spacial score (nSPS) is 12.2. The fourth-order valence-electron chi connectivity index (χ4n) is 1.63. The van der Waals surface area contributed by atoms with E-state index in [2.05, 4.69) is 5.32 Å². The van der Waals surface area contributed by atoms with Crippen molar-refractivity contribution in [3.63, 3.8) is 0 Å². The Morgan fingerprint density at radius 3 is 2.76 bits per heavy atom. The maximum Gasteiger partial charge on any atom is 0.337 e. The monoisotopic (exact) mass is 238 g/mol. The van der Waals surface area contributed by atoms with E-state index in [1.54, 1.807) is 14.0 Å². The molecule has 0 aliphatic carbocycles. The van der Waals surface area contributed by atoms with E-state index in [1.807, 2.05) is 13.0 Å². The minimum atomic E-state index is -1.02. The van der Waals surface area contributed by atoms with Crippen LogP contribution in [0.3, 0.4) is 0 Å². The topological polar surface area (TPSA) is 84.6 Å². The van der Waals surface area contributed by atoms with Crippen LogP contribution in [0.15, 0.2) is 12.1 Å².